The van der Waals surface area contributed by atoms with Crippen LogP contribution in [0.4, 0.5) is 5.95 Å². The van der Waals surface area contributed by atoms with Crippen molar-refractivity contribution < 1.29 is 19.4 Å². The number of carbonyl (C=O) groups excluding carboxylic acids is 1. The zero-order valence-corrected chi connectivity index (χ0v) is 13.6. The molecule has 0 radical (unpaired) electrons. The van der Waals surface area contributed by atoms with E-state index in [1.807, 2.05) is 4.90 Å². The number of methoxy groups -OCH3 is 1. The van der Waals surface area contributed by atoms with Crippen molar-refractivity contribution in [2.45, 2.75) is 0 Å². The summed E-state index contributed by atoms with van der Waals surface area (Å²) in [4.78, 5) is 39.4. The van der Waals surface area contributed by atoms with E-state index < -0.39 is 5.97 Å². The molecule has 0 saturated carbocycles. The Morgan fingerprint density at radius 2 is 1.84 bits per heavy atom. The van der Waals surface area contributed by atoms with Crippen LogP contribution < -0.4 is 9.64 Å². The van der Waals surface area contributed by atoms with Crippen LogP contribution in [0.3, 0.4) is 0 Å². The largest absolute Gasteiger partial charge is 0.481 e. The van der Waals surface area contributed by atoms with Crippen molar-refractivity contribution in [2.24, 2.45) is 0 Å². The molecular formula is C16H17N5O4. The number of hydrogen-bond acceptors (Lipinski definition) is 7. The fourth-order valence-electron chi connectivity index (χ4n) is 2.57. The van der Waals surface area contributed by atoms with E-state index in [0.717, 1.165) is 0 Å². The summed E-state index contributed by atoms with van der Waals surface area (Å²) in [7, 11) is 1.54. The lowest BCUT2D eigenvalue weighted by molar-refractivity contribution is 0.0690. The molecule has 3 heterocycles. The van der Waals surface area contributed by atoms with Gasteiger partial charge < -0.3 is 19.6 Å². The second kappa shape index (κ2) is 7.12. The minimum Gasteiger partial charge on any atom is -0.481 e. The van der Waals surface area contributed by atoms with E-state index in [2.05, 4.69) is 15.0 Å². The summed E-state index contributed by atoms with van der Waals surface area (Å²) in [5.41, 5.74) is 0.174. The zero-order valence-electron chi connectivity index (χ0n) is 13.6. The minimum absolute atomic E-state index is 0.144. The van der Waals surface area contributed by atoms with E-state index in [0.29, 0.717) is 43.6 Å². The first-order chi connectivity index (χ1) is 12.1. The number of hydrogen-bond donors (Lipinski definition) is 1. The van der Waals surface area contributed by atoms with E-state index in [9.17, 15) is 9.59 Å². The molecule has 25 heavy (non-hydrogen) atoms. The number of pyridine rings is 1. The summed E-state index contributed by atoms with van der Waals surface area (Å²) in [6.45, 7) is 2.14. The maximum atomic E-state index is 12.6. The van der Waals surface area contributed by atoms with Crippen LogP contribution in [0.1, 0.15) is 20.8 Å². The number of nitrogens with zero attached hydrogens (tertiary/aromatic N) is 5. The molecule has 1 aliphatic heterocycles. The third-order valence-electron chi connectivity index (χ3n) is 3.90. The van der Waals surface area contributed by atoms with Crippen LogP contribution in [-0.4, -0.2) is 70.1 Å². The predicted molar refractivity (Wildman–Crippen MR) is 87.9 cm³/mol. The van der Waals surface area contributed by atoms with Gasteiger partial charge in [0.05, 0.1) is 7.11 Å². The van der Waals surface area contributed by atoms with E-state index in [4.69, 9.17) is 9.84 Å². The number of amides is 1. The van der Waals surface area contributed by atoms with Gasteiger partial charge in [-0.05, 0) is 12.1 Å². The molecule has 0 atom stereocenters. The van der Waals surface area contributed by atoms with Crippen LogP contribution in [0.5, 0.6) is 5.88 Å². The molecule has 1 N–H and O–H groups in total. The van der Waals surface area contributed by atoms with Gasteiger partial charge in [-0.25, -0.2) is 14.8 Å². The molecular weight excluding hydrogens is 326 g/mol. The fourth-order valence-corrected chi connectivity index (χ4v) is 2.57. The zero-order chi connectivity index (χ0) is 17.8. The summed E-state index contributed by atoms with van der Waals surface area (Å²) in [6.07, 6.45) is 2.96. The minimum atomic E-state index is -1.16. The number of rotatable bonds is 4. The van der Waals surface area contributed by atoms with Gasteiger partial charge in [0.15, 0.2) is 0 Å². The molecule has 9 nitrogen and oxygen atoms in total. The first-order valence-corrected chi connectivity index (χ1v) is 7.69. The van der Waals surface area contributed by atoms with Gasteiger partial charge in [0, 0.05) is 50.2 Å². The Bertz CT molecular complexity index is 790. The molecule has 0 aromatic carbocycles. The molecule has 0 unspecified atom stereocenters. The van der Waals surface area contributed by atoms with Gasteiger partial charge in [-0.1, -0.05) is 0 Å². The Kier molecular flexibility index (Phi) is 4.73. The SMILES string of the molecule is COc1ccnc(N2CCN(C(=O)c3ccnc(C(=O)O)c3)CC2)n1. The molecule has 9 heteroatoms. The number of aromatic nitrogens is 3. The second-order valence-electron chi connectivity index (χ2n) is 5.41. The first kappa shape index (κ1) is 16.6. The van der Waals surface area contributed by atoms with E-state index in [1.54, 1.807) is 24.3 Å². The first-order valence-electron chi connectivity index (χ1n) is 7.69. The molecule has 130 valence electrons. The van der Waals surface area contributed by atoms with Gasteiger partial charge in [0.25, 0.3) is 5.91 Å². The Morgan fingerprint density at radius 1 is 1.12 bits per heavy atom. The monoisotopic (exact) mass is 343 g/mol. The van der Waals surface area contributed by atoms with Gasteiger partial charge in [0.1, 0.15) is 5.69 Å². The second-order valence-corrected chi connectivity index (χ2v) is 5.41. The predicted octanol–water partition coefficient (Wildman–Crippen LogP) is 0.541. The normalized spacial score (nSPS) is 14.3. The quantitative estimate of drug-likeness (QED) is 0.857. The topological polar surface area (TPSA) is 109 Å². The van der Waals surface area contributed by atoms with Gasteiger partial charge in [0.2, 0.25) is 11.8 Å². The highest BCUT2D eigenvalue weighted by atomic mass is 16.5. The van der Waals surface area contributed by atoms with Crippen molar-refractivity contribution in [1.29, 1.82) is 0 Å². The maximum Gasteiger partial charge on any atom is 0.354 e. The fraction of sp³-hybridized carbons (Fsp3) is 0.312. The third kappa shape index (κ3) is 3.65. The molecule has 0 bridgehead atoms. The number of piperazine rings is 1. The summed E-state index contributed by atoms with van der Waals surface area (Å²) in [5, 5.41) is 8.99. The highest BCUT2D eigenvalue weighted by Gasteiger charge is 2.24. The number of anilines is 1. The number of carbonyl (C=O) groups is 2. The molecule has 1 saturated heterocycles. The van der Waals surface area contributed by atoms with Crippen LogP contribution in [0.25, 0.3) is 0 Å². The number of carboxylic acids is 1. The van der Waals surface area contributed by atoms with Crippen LogP contribution >= 0.6 is 0 Å². The van der Waals surface area contributed by atoms with Gasteiger partial charge >= 0.3 is 5.97 Å². The van der Waals surface area contributed by atoms with Gasteiger partial charge in [-0.15, -0.1) is 0 Å². The lowest BCUT2D eigenvalue weighted by Gasteiger charge is -2.34. The molecule has 2 aromatic heterocycles. The highest BCUT2D eigenvalue weighted by molar-refractivity contribution is 5.96. The smallest absolute Gasteiger partial charge is 0.354 e. The van der Waals surface area contributed by atoms with E-state index in [-0.39, 0.29) is 11.6 Å². The lowest BCUT2D eigenvalue weighted by atomic mass is 10.2. The Morgan fingerprint density at radius 3 is 2.52 bits per heavy atom. The molecule has 1 amide bonds. The summed E-state index contributed by atoms with van der Waals surface area (Å²) >= 11 is 0. The summed E-state index contributed by atoms with van der Waals surface area (Å²) < 4.78 is 5.10. The van der Waals surface area contributed by atoms with Crippen molar-refractivity contribution in [3.05, 3.63) is 41.9 Å². The van der Waals surface area contributed by atoms with Crippen molar-refractivity contribution >= 4 is 17.8 Å². The average Bonchev–Trinajstić information content (AvgIpc) is 2.67. The van der Waals surface area contributed by atoms with Crippen LogP contribution in [0.15, 0.2) is 30.6 Å². The van der Waals surface area contributed by atoms with Crippen LogP contribution in [-0.2, 0) is 0 Å². The Labute approximate surface area is 143 Å². The average molecular weight is 343 g/mol. The molecule has 1 fully saturated rings. The third-order valence-corrected chi connectivity index (χ3v) is 3.90. The summed E-state index contributed by atoms with van der Waals surface area (Å²) in [5.74, 6) is -0.323. The Hall–Kier alpha value is -3.23. The van der Waals surface area contributed by atoms with Crippen molar-refractivity contribution in [3.8, 4) is 5.88 Å². The molecule has 0 spiro atoms. The van der Waals surface area contributed by atoms with E-state index >= 15 is 0 Å². The van der Waals surface area contributed by atoms with Gasteiger partial charge in [-0.3, -0.25) is 4.79 Å². The van der Waals surface area contributed by atoms with Crippen molar-refractivity contribution in [3.63, 3.8) is 0 Å². The van der Waals surface area contributed by atoms with Crippen LogP contribution in [0.2, 0.25) is 0 Å². The number of aromatic carboxylic acids is 1. The highest BCUT2D eigenvalue weighted by Crippen LogP contribution is 2.16. The van der Waals surface area contributed by atoms with Crippen LogP contribution in [0, 0.1) is 0 Å². The van der Waals surface area contributed by atoms with E-state index in [1.165, 1.54) is 18.3 Å². The molecule has 3 rings (SSSR count). The molecule has 2 aromatic rings. The van der Waals surface area contributed by atoms with Gasteiger partial charge in [-0.2, -0.15) is 4.98 Å². The maximum absolute atomic E-state index is 12.6. The Balaban J connectivity index is 1.66. The number of carboxylic acid groups (broad SMARTS) is 1. The standard InChI is InChI=1S/C16H17N5O4/c1-25-13-3-5-18-16(19-13)21-8-6-20(7-9-21)14(22)11-2-4-17-12(10-11)15(23)24/h2-5,10H,6-9H2,1H3,(H,23,24). The van der Waals surface area contributed by atoms with Crippen molar-refractivity contribution in [1.82, 2.24) is 19.9 Å². The summed E-state index contributed by atoms with van der Waals surface area (Å²) in [6, 6.07) is 4.49. The lowest BCUT2D eigenvalue weighted by Crippen LogP contribution is -2.49. The molecule has 1 aliphatic rings. The number of ether oxygens (including phenoxy) is 1. The van der Waals surface area contributed by atoms with Crippen molar-refractivity contribution in [2.75, 3.05) is 38.2 Å². The molecule has 0 aliphatic carbocycles.